The summed E-state index contributed by atoms with van der Waals surface area (Å²) in [6.07, 6.45) is 3.42. The largest absolute Gasteiger partial charge is 0.352 e. The first kappa shape index (κ1) is 12.8. The predicted molar refractivity (Wildman–Crippen MR) is 67.8 cm³/mol. The molecule has 0 saturated heterocycles. The summed E-state index contributed by atoms with van der Waals surface area (Å²) in [4.78, 5) is 11.9. The lowest BCUT2D eigenvalue weighted by Gasteiger charge is -2.08. The van der Waals surface area contributed by atoms with Crippen LogP contribution in [0.4, 0.5) is 0 Å². The predicted octanol–water partition coefficient (Wildman–Crippen LogP) is 3.22. The Morgan fingerprint density at radius 2 is 2.00 bits per heavy atom. The third-order valence-corrected chi connectivity index (χ3v) is 2.70. The van der Waals surface area contributed by atoms with E-state index >= 15 is 0 Å². The number of rotatable bonds is 5. The number of carbonyl (C=O) groups is 1. The molecular formula is C14H21NO. The number of hydrogen-bond acceptors (Lipinski definition) is 1. The molecule has 1 N–H and O–H groups in total. The van der Waals surface area contributed by atoms with E-state index in [0.29, 0.717) is 0 Å². The molecule has 1 amide bonds. The van der Waals surface area contributed by atoms with Crippen molar-refractivity contribution in [2.24, 2.45) is 0 Å². The summed E-state index contributed by atoms with van der Waals surface area (Å²) < 4.78 is 0. The Morgan fingerprint density at radius 3 is 2.69 bits per heavy atom. The van der Waals surface area contributed by atoms with Crippen LogP contribution in [0.3, 0.4) is 0 Å². The maximum atomic E-state index is 11.9. The Hall–Kier alpha value is -1.31. The van der Waals surface area contributed by atoms with Crippen LogP contribution in [0, 0.1) is 13.8 Å². The molecule has 0 bridgehead atoms. The van der Waals surface area contributed by atoms with E-state index in [1.54, 1.807) is 0 Å². The van der Waals surface area contributed by atoms with Gasteiger partial charge in [-0.05, 0) is 31.9 Å². The van der Waals surface area contributed by atoms with Crippen LogP contribution in [0.1, 0.15) is 47.7 Å². The van der Waals surface area contributed by atoms with Crippen molar-refractivity contribution < 1.29 is 4.79 Å². The van der Waals surface area contributed by atoms with Gasteiger partial charge < -0.3 is 5.32 Å². The van der Waals surface area contributed by atoms with Gasteiger partial charge in [-0.3, -0.25) is 4.79 Å². The zero-order valence-corrected chi connectivity index (χ0v) is 10.5. The zero-order valence-electron chi connectivity index (χ0n) is 10.5. The SMILES string of the molecule is CCCCCNC(=O)c1cc(C)ccc1C. The molecule has 0 aliphatic carbocycles. The molecule has 1 aromatic carbocycles. The molecule has 0 atom stereocenters. The van der Waals surface area contributed by atoms with E-state index in [9.17, 15) is 4.79 Å². The van der Waals surface area contributed by atoms with Gasteiger partial charge in [0.05, 0.1) is 0 Å². The van der Waals surface area contributed by atoms with Gasteiger partial charge in [0.1, 0.15) is 0 Å². The molecule has 0 spiro atoms. The lowest BCUT2D eigenvalue weighted by molar-refractivity contribution is 0.0952. The smallest absolute Gasteiger partial charge is 0.251 e. The first-order chi connectivity index (χ1) is 7.65. The van der Waals surface area contributed by atoms with Gasteiger partial charge in [-0.1, -0.05) is 37.5 Å². The fraction of sp³-hybridized carbons (Fsp3) is 0.500. The summed E-state index contributed by atoms with van der Waals surface area (Å²) >= 11 is 0. The Bertz CT molecular complexity index is 358. The summed E-state index contributed by atoms with van der Waals surface area (Å²) in [5.41, 5.74) is 2.97. The highest BCUT2D eigenvalue weighted by Gasteiger charge is 2.07. The lowest BCUT2D eigenvalue weighted by Crippen LogP contribution is -2.25. The average molecular weight is 219 g/mol. The minimum Gasteiger partial charge on any atom is -0.352 e. The summed E-state index contributed by atoms with van der Waals surface area (Å²) in [5, 5.41) is 2.96. The first-order valence-electron chi connectivity index (χ1n) is 6.00. The molecule has 0 aliphatic rings. The maximum absolute atomic E-state index is 11.9. The number of unbranched alkanes of at least 4 members (excludes halogenated alkanes) is 2. The van der Waals surface area contributed by atoms with E-state index in [1.807, 2.05) is 32.0 Å². The molecule has 2 heteroatoms. The summed E-state index contributed by atoms with van der Waals surface area (Å²) in [6, 6.07) is 5.98. The molecule has 0 fully saturated rings. The molecule has 0 saturated carbocycles. The Balaban J connectivity index is 2.55. The van der Waals surface area contributed by atoms with E-state index in [1.165, 1.54) is 12.8 Å². The molecule has 88 valence electrons. The second-order valence-corrected chi connectivity index (χ2v) is 4.28. The molecular weight excluding hydrogens is 198 g/mol. The van der Waals surface area contributed by atoms with Gasteiger partial charge in [0.2, 0.25) is 0 Å². The van der Waals surface area contributed by atoms with Gasteiger partial charge in [-0.2, -0.15) is 0 Å². The second kappa shape index (κ2) is 6.31. The third-order valence-electron chi connectivity index (χ3n) is 2.70. The highest BCUT2D eigenvalue weighted by molar-refractivity contribution is 5.95. The molecule has 1 aromatic rings. The molecule has 0 heterocycles. The Morgan fingerprint density at radius 1 is 1.25 bits per heavy atom. The third kappa shape index (κ3) is 3.69. The summed E-state index contributed by atoms with van der Waals surface area (Å²) in [5.74, 6) is 0.0531. The van der Waals surface area contributed by atoms with Crippen LogP contribution in [-0.4, -0.2) is 12.5 Å². The van der Waals surface area contributed by atoms with Gasteiger partial charge >= 0.3 is 0 Å². The molecule has 0 aliphatic heterocycles. The van der Waals surface area contributed by atoms with Gasteiger partial charge in [0.15, 0.2) is 0 Å². The monoisotopic (exact) mass is 219 g/mol. The number of nitrogens with one attached hydrogen (secondary N) is 1. The minimum absolute atomic E-state index is 0.0531. The van der Waals surface area contributed by atoms with Crippen LogP contribution in [0.25, 0.3) is 0 Å². The number of carbonyl (C=O) groups excluding carboxylic acids is 1. The lowest BCUT2D eigenvalue weighted by atomic mass is 10.1. The van der Waals surface area contributed by atoms with Crippen molar-refractivity contribution in [1.29, 1.82) is 0 Å². The topological polar surface area (TPSA) is 29.1 Å². The Kier molecular flexibility index (Phi) is 5.03. The summed E-state index contributed by atoms with van der Waals surface area (Å²) in [7, 11) is 0. The molecule has 16 heavy (non-hydrogen) atoms. The van der Waals surface area contributed by atoms with Crippen LogP contribution in [0.2, 0.25) is 0 Å². The van der Waals surface area contributed by atoms with Crippen LogP contribution in [0.15, 0.2) is 18.2 Å². The minimum atomic E-state index is 0.0531. The first-order valence-corrected chi connectivity index (χ1v) is 6.00. The van der Waals surface area contributed by atoms with E-state index in [-0.39, 0.29) is 5.91 Å². The normalized spacial score (nSPS) is 10.2. The fourth-order valence-corrected chi connectivity index (χ4v) is 1.65. The van der Waals surface area contributed by atoms with Crippen LogP contribution in [0.5, 0.6) is 0 Å². The van der Waals surface area contributed by atoms with Crippen molar-refractivity contribution in [1.82, 2.24) is 5.32 Å². The van der Waals surface area contributed by atoms with E-state index in [0.717, 1.165) is 29.7 Å². The highest BCUT2D eigenvalue weighted by Crippen LogP contribution is 2.10. The van der Waals surface area contributed by atoms with E-state index < -0.39 is 0 Å². The molecule has 2 nitrogen and oxygen atoms in total. The van der Waals surface area contributed by atoms with Gasteiger partial charge in [0.25, 0.3) is 5.91 Å². The summed E-state index contributed by atoms with van der Waals surface area (Å²) in [6.45, 7) is 6.92. The maximum Gasteiger partial charge on any atom is 0.251 e. The van der Waals surface area contributed by atoms with Gasteiger partial charge in [-0.25, -0.2) is 0 Å². The van der Waals surface area contributed by atoms with E-state index in [2.05, 4.69) is 12.2 Å². The highest BCUT2D eigenvalue weighted by atomic mass is 16.1. The van der Waals surface area contributed by atoms with Crippen LogP contribution < -0.4 is 5.32 Å². The molecule has 1 rings (SSSR count). The van der Waals surface area contributed by atoms with E-state index in [4.69, 9.17) is 0 Å². The number of amides is 1. The van der Waals surface area contributed by atoms with Gasteiger partial charge in [-0.15, -0.1) is 0 Å². The number of benzene rings is 1. The molecule has 0 aromatic heterocycles. The average Bonchev–Trinajstić information content (AvgIpc) is 2.27. The molecule has 0 unspecified atom stereocenters. The zero-order chi connectivity index (χ0) is 12.0. The molecule has 0 radical (unpaired) electrons. The van der Waals surface area contributed by atoms with Crippen molar-refractivity contribution >= 4 is 5.91 Å². The van der Waals surface area contributed by atoms with Gasteiger partial charge in [0, 0.05) is 12.1 Å². The quantitative estimate of drug-likeness (QED) is 0.757. The van der Waals surface area contributed by atoms with Crippen molar-refractivity contribution in [3.8, 4) is 0 Å². The Labute approximate surface area is 98.1 Å². The van der Waals surface area contributed by atoms with Crippen molar-refractivity contribution in [3.05, 3.63) is 34.9 Å². The van der Waals surface area contributed by atoms with Crippen LogP contribution >= 0.6 is 0 Å². The fourth-order valence-electron chi connectivity index (χ4n) is 1.65. The van der Waals surface area contributed by atoms with Crippen molar-refractivity contribution in [3.63, 3.8) is 0 Å². The second-order valence-electron chi connectivity index (χ2n) is 4.28. The number of hydrogen-bond donors (Lipinski definition) is 1. The standard InChI is InChI=1S/C14H21NO/c1-4-5-6-9-15-14(16)13-10-11(2)7-8-12(13)3/h7-8,10H,4-6,9H2,1-3H3,(H,15,16). The van der Waals surface area contributed by atoms with Crippen molar-refractivity contribution in [2.75, 3.05) is 6.54 Å². The van der Waals surface area contributed by atoms with Crippen molar-refractivity contribution in [2.45, 2.75) is 40.0 Å². The number of aryl methyl sites for hydroxylation is 2. The van der Waals surface area contributed by atoms with Crippen LogP contribution in [-0.2, 0) is 0 Å².